The lowest BCUT2D eigenvalue weighted by Crippen LogP contribution is -2.24. The molecule has 1 aliphatic rings. The zero-order valence-corrected chi connectivity index (χ0v) is 13.1. The van der Waals surface area contributed by atoms with Crippen LogP contribution in [0.4, 0.5) is 10.1 Å². The molecule has 0 aromatic heterocycles. The summed E-state index contributed by atoms with van der Waals surface area (Å²) >= 11 is 0. The van der Waals surface area contributed by atoms with Gasteiger partial charge >= 0.3 is 0 Å². The number of aryl methyl sites for hydroxylation is 1. The third-order valence-corrected chi connectivity index (χ3v) is 3.98. The first-order valence-electron chi connectivity index (χ1n) is 7.86. The van der Waals surface area contributed by atoms with Gasteiger partial charge in [-0.05, 0) is 49.4 Å². The topological polar surface area (TPSA) is 41.1 Å². The molecule has 4 heteroatoms. The molecule has 2 N–H and O–H groups in total. The van der Waals surface area contributed by atoms with Crippen LogP contribution < -0.4 is 10.6 Å². The van der Waals surface area contributed by atoms with Crippen molar-refractivity contribution >= 4 is 11.6 Å². The van der Waals surface area contributed by atoms with Crippen molar-refractivity contribution in [3.8, 4) is 0 Å². The summed E-state index contributed by atoms with van der Waals surface area (Å²) < 4.78 is 14.4. The number of hydrogen-bond acceptors (Lipinski definition) is 2. The van der Waals surface area contributed by atoms with Gasteiger partial charge in [0.15, 0.2) is 0 Å². The number of benzene rings is 1. The van der Waals surface area contributed by atoms with Gasteiger partial charge in [-0.15, -0.1) is 0 Å². The molecule has 0 bridgehead atoms. The van der Waals surface area contributed by atoms with E-state index in [2.05, 4.69) is 24.5 Å². The van der Waals surface area contributed by atoms with Crippen LogP contribution in [0, 0.1) is 11.7 Å². The first-order valence-corrected chi connectivity index (χ1v) is 7.86. The zero-order valence-electron chi connectivity index (χ0n) is 13.1. The predicted molar refractivity (Wildman–Crippen MR) is 83.8 cm³/mol. The van der Waals surface area contributed by atoms with Crippen molar-refractivity contribution in [1.82, 2.24) is 5.32 Å². The van der Waals surface area contributed by atoms with E-state index in [1.165, 1.54) is 6.07 Å². The number of amides is 1. The maximum atomic E-state index is 14.4. The number of hydrogen-bond donors (Lipinski definition) is 2. The van der Waals surface area contributed by atoms with Crippen molar-refractivity contribution in [3.63, 3.8) is 0 Å². The monoisotopic (exact) mass is 292 g/mol. The molecule has 1 aromatic rings. The van der Waals surface area contributed by atoms with Crippen LogP contribution in [0.5, 0.6) is 0 Å². The number of carbonyl (C=O) groups is 1. The van der Waals surface area contributed by atoms with Crippen LogP contribution in [0.2, 0.25) is 0 Å². The molecule has 1 atom stereocenters. The van der Waals surface area contributed by atoms with Gasteiger partial charge in [0, 0.05) is 23.7 Å². The van der Waals surface area contributed by atoms with Gasteiger partial charge < -0.3 is 10.6 Å². The largest absolute Gasteiger partial charge is 0.326 e. The summed E-state index contributed by atoms with van der Waals surface area (Å²) in [5.41, 5.74) is 2.40. The second-order valence-electron chi connectivity index (χ2n) is 6.16. The molecule has 0 aliphatic carbocycles. The van der Waals surface area contributed by atoms with E-state index in [4.69, 9.17) is 0 Å². The van der Waals surface area contributed by atoms with Gasteiger partial charge in [0.1, 0.15) is 5.82 Å². The van der Waals surface area contributed by atoms with Crippen molar-refractivity contribution in [2.45, 2.75) is 52.5 Å². The molecule has 0 fully saturated rings. The molecule has 1 heterocycles. The summed E-state index contributed by atoms with van der Waals surface area (Å²) in [4.78, 5) is 11.4. The zero-order chi connectivity index (χ0) is 15.4. The summed E-state index contributed by atoms with van der Waals surface area (Å²) in [6.45, 7) is 7.22. The summed E-state index contributed by atoms with van der Waals surface area (Å²) in [5, 5.41) is 6.13. The van der Waals surface area contributed by atoms with Crippen LogP contribution in [0.1, 0.15) is 57.2 Å². The van der Waals surface area contributed by atoms with Crippen molar-refractivity contribution in [1.29, 1.82) is 0 Å². The number of fused-ring (bicyclic) bond motifs is 1. The molecule has 3 nitrogen and oxygen atoms in total. The van der Waals surface area contributed by atoms with Gasteiger partial charge in [-0.25, -0.2) is 4.39 Å². The predicted octanol–water partition coefficient (Wildman–Crippen LogP) is 3.80. The van der Waals surface area contributed by atoms with Gasteiger partial charge in [0.25, 0.3) is 0 Å². The van der Waals surface area contributed by atoms with Crippen molar-refractivity contribution < 1.29 is 9.18 Å². The Morgan fingerprint density at radius 2 is 2.05 bits per heavy atom. The molecule has 1 aromatic carbocycles. The molecular weight excluding hydrogens is 267 g/mol. The van der Waals surface area contributed by atoms with E-state index in [1.807, 2.05) is 13.0 Å². The SMILES string of the molecule is CCNC(CCC(C)C)c1cc2c(cc1F)NC(=O)CC2. The fourth-order valence-corrected chi connectivity index (χ4v) is 2.80. The number of halogens is 1. The highest BCUT2D eigenvalue weighted by Gasteiger charge is 2.21. The number of carbonyl (C=O) groups excluding carboxylic acids is 1. The maximum Gasteiger partial charge on any atom is 0.224 e. The second-order valence-corrected chi connectivity index (χ2v) is 6.16. The van der Waals surface area contributed by atoms with Gasteiger partial charge in [0.2, 0.25) is 5.91 Å². The fourth-order valence-electron chi connectivity index (χ4n) is 2.80. The molecular formula is C17H25FN2O. The van der Waals surface area contributed by atoms with Gasteiger partial charge in [0.05, 0.1) is 0 Å². The van der Waals surface area contributed by atoms with Crippen LogP contribution in [-0.2, 0) is 11.2 Å². The van der Waals surface area contributed by atoms with E-state index in [0.717, 1.165) is 30.5 Å². The van der Waals surface area contributed by atoms with E-state index in [0.29, 0.717) is 24.4 Å². The highest BCUT2D eigenvalue weighted by Crippen LogP contribution is 2.31. The van der Waals surface area contributed by atoms with Crippen LogP contribution in [0.15, 0.2) is 12.1 Å². The minimum absolute atomic E-state index is 0.0299. The van der Waals surface area contributed by atoms with Crippen molar-refractivity contribution in [2.75, 3.05) is 11.9 Å². The van der Waals surface area contributed by atoms with E-state index in [1.54, 1.807) is 0 Å². The third-order valence-electron chi connectivity index (χ3n) is 3.98. The number of nitrogens with one attached hydrogen (secondary N) is 2. The maximum absolute atomic E-state index is 14.4. The molecule has 0 spiro atoms. The molecule has 1 aliphatic heterocycles. The standard InChI is InChI=1S/C17H25FN2O/c1-4-19-15(7-5-11(2)3)13-9-12-6-8-17(21)20-16(12)10-14(13)18/h9-11,15,19H,4-8H2,1-3H3,(H,20,21). The lowest BCUT2D eigenvalue weighted by molar-refractivity contribution is -0.116. The molecule has 1 amide bonds. The average molecular weight is 292 g/mol. The average Bonchev–Trinajstić information content (AvgIpc) is 2.42. The van der Waals surface area contributed by atoms with Gasteiger partial charge in [-0.3, -0.25) is 4.79 Å². The Hall–Kier alpha value is -1.42. The summed E-state index contributed by atoms with van der Waals surface area (Å²) in [5.74, 6) is 0.342. The van der Waals surface area contributed by atoms with Crippen molar-refractivity contribution in [2.24, 2.45) is 5.92 Å². The fraction of sp³-hybridized carbons (Fsp3) is 0.588. The van der Waals surface area contributed by atoms with E-state index in [9.17, 15) is 9.18 Å². The Labute approximate surface area is 126 Å². The van der Waals surface area contributed by atoms with Crippen LogP contribution in [0.25, 0.3) is 0 Å². The molecule has 0 saturated heterocycles. The lowest BCUT2D eigenvalue weighted by atomic mass is 9.93. The molecule has 21 heavy (non-hydrogen) atoms. The van der Waals surface area contributed by atoms with E-state index < -0.39 is 0 Å². The summed E-state index contributed by atoms with van der Waals surface area (Å²) in [6, 6.07) is 3.44. The minimum atomic E-state index is -0.231. The Balaban J connectivity index is 2.25. The first kappa shape index (κ1) is 16.0. The van der Waals surface area contributed by atoms with Crippen LogP contribution in [-0.4, -0.2) is 12.5 Å². The summed E-state index contributed by atoms with van der Waals surface area (Å²) in [6.07, 6.45) is 3.16. The molecule has 1 unspecified atom stereocenters. The Bertz CT molecular complexity index is 514. The smallest absolute Gasteiger partial charge is 0.224 e. The van der Waals surface area contributed by atoms with Gasteiger partial charge in [-0.1, -0.05) is 20.8 Å². The highest BCUT2D eigenvalue weighted by atomic mass is 19.1. The van der Waals surface area contributed by atoms with Crippen LogP contribution >= 0.6 is 0 Å². The number of rotatable bonds is 6. The normalized spacial score (nSPS) is 15.8. The van der Waals surface area contributed by atoms with Gasteiger partial charge in [-0.2, -0.15) is 0 Å². The molecule has 0 saturated carbocycles. The van der Waals surface area contributed by atoms with Crippen molar-refractivity contribution in [3.05, 3.63) is 29.1 Å². The second kappa shape index (κ2) is 7.03. The summed E-state index contributed by atoms with van der Waals surface area (Å²) in [7, 11) is 0. The third kappa shape index (κ3) is 4.03. The van der Waals surface area contributed by atoms with E-state index in [-0.39, 0.29) is 17.8 Å². The van der Waals surface area contributed by atoms with Crippen LogP contribution in [0.3, 0.4) is 0 Å². The first-order chi connectivity index (χ1) is 10.0. The Morgan fingerprint density at radius 3 is 2.71 bits per heavy atom. The van der Waals surface area contributed by atoms with E-state index >= 15 is 0 Å². The Morgan fingerprint density at radius 1 is 1.29 bits per heavy atom. The quantitative estimate of drug-likeness (QED) is 0.837. The minimum Gasteiger partial charge on any atom is -0.326 e. The molecule has 2 rings (SSSR count). The number of anilines is 1. The highest BCUT2D eigenvalue weighted by molar-refractivity contribution is 5.93. The molecule has 116 valence electrons. The lowest BCUT2D eigenvalue weighted by Gasteiger charge is -2.23. The molecule has 0 radical (unpaired) electrons. The Kier molecular flexibility index (Phi) is 5.34.